The van der Waals surface area contributed by atoms with Crippen LogP contribution in [0.4, 0.5) is 0 Å². The molecule has 0 aliphatic rings. The lowest BCUT2D eigenvalue weighted by molar-refractivity contribution is 1.61. The van der Waals surface area contributed by atoms with Crippen LogP contribution in [0.5, 0.6) is 0 Å². The topological polar surface area (TPSA) is 0 Å². The van der Waals surface area contributed by atoms with Gasteiger partial charge in [0, 0.05) is 10.0 Å². The Morgan fingerprint density at radius 2 is 1.64 bits per heavy atom. The van der Waals surface area contributed by atoms with E-state index in [1.54, 1.807) is 0 Å². The number of benzene rings is 1. The van der Waals surface area contributed by atoms with E-state index in [9.17, 15) is 0 Å². The molecule has 0 aromatic heterocycles. The fourth-order valence-corrected chi connectivity index (χ4v) is 1.92. The monoisotopic (exact) mass is 384 g/mol. The summed E-state index contributed by atoms with van der Waals surface area (Å²) in [7, 11) is 0. The average molecular weight is 385 g/mol. The molecule has 0 unspecified atom stereocenters. The molecule has 0 heterocycles. The van der Waals surface area contributed by atoms with Gasteiger partial charge in [-0.3, -0.25) is 0 Å². The van der Waals surface area contributed by atoms with Crippen molar-refractivity contribution < 1.29 is 0 Å². The number of rotatable bonds is 0. The molecule has 0 aliphatic heterocycles. The molecule has 78 valence electrons. The molecule has 0 N–H and O–H groups in total. The van der Waals surface area contributed by atoms with Crippen molar-refractivity contribution in [1.82, 2.24) is 0 Å². The Labute approximate surface area is 107 Å². The number of halogens is 2. The lowest BCUT2D eigenvalue weighted by atomic mass is 10.2. The molecule has 14 heavy (non-hydrogen) atoms. The van der Waals surface area contributed by atoms with E-state index < -0.39 is 6.33 Å². The van der Waals surface area contributed by atoms with Crippen LogP contribution in [-0.2, 0) is 0 Å². The Bertz CT molecular complexity index is 380. The molecule has 0 radical (unpaired) electrons. The van der Waals surface area contributed by atoms with E-state index in [1.807, 2.05) is 24.3 Å². The van der Waals surface area contributed by atoms with Crippen molar-refractivity contribution in [2.45, 2.75) is 0 Å². The zero-order valence-electron chi connectivity index (χ0n) is 8.51. The quantitative estimate of drug-likeness (QED) is 0.389. The summed E-state index contributed by atoms with van der Waals surface area (Å²) >= 11 is 5.90. The Morgan fingerprint density at radius 3 is 2.07 bits per heavy atom. The number of thiol groups is 1. The molecule has 0 bridgehead atoms. The Balaban J connectivity index is 2.95. The van der Waals surface area contributed by atoms with Crippen molar-refractivity contribution in [3.63, 3.8) is 0 Å². The fourth-order valence-electron chi connectivity index (χ4n) is 0.787. The van der Waals surface area contributed by atoms with Crippen LogP contribution in [0.3, 0.4) is 0 Å². The predicted octanol–water partition coefficient (Wildman–Crippen LogP) is 4.07. The Hall–Kier alpha value is 0.340. The van der Waals surface area contributed by atoms with E-state index in [-0.39, 0.29) is 0 Å². The third-order valence-corrected chi connectivity index (χ3v) is 3.54. The average Bonchev–Trinajstić information content (AvgIpc) is 2.01. The maximum atomic E-state index is 3.41. The summed E-state index contributed by atoms with van der Waals surface area (Å²) in [4.78, 5) is 0. The molecule has 0 nitrogen and oxygen atoms in total. The minimum atomic E-state index is -1.71. The second-order valence-electron chi connectivity index (χ2n) is 4.35. The molecule has 0 saturated heterocycles. The molecule has 3 heteroatoms. The first-order valence-corrected chi connectivity index (χ1v) is 11.4. The van der Waals surface area contributed by atoms with Gasteiger partial charge in [0.1, 0.15) is 0 Å². The molecule has 0 atom stereocenters. The third-order valence-electron chi connectivity index (χ3n) is 1.42. The highest BCUT2D eigenvalue weighted by Crippen LogP contribution is 2.66. The van der Waals surface area contributed by atoms with Crippen LogP contribution in [0, 0.1) is 11.2 Å². The molecular weight excluding hydrogens is 371 g/mol. The summed E-state index contributed by atoms with van der Waals surface area (Å²) in [6, 6.07) is 8.12. The number of hydrogen-bond donors (Lipinski definition) is 1. The molecule has 1 aromatic carbocycles. The van der Waals surface area contributed by atoms with Gasteiger partial charge in [-0.2, -0.15) is 6.33 Å². The standard InChI is InChI=1S/C11H14BrIS/c1-14(2,3,13)9-8-10-4-6-11(12)7-5-10/h4-7,14H,1-3H3. The maximum Gasteiger partial charge on any atom is 0.0254 e. The third kappa shape index (κ3) is 5.28. The molecule has 1 aromatic rings. The first-order chi connectivity index (χ1) is 6.22. The largest absolute Gasteiger partial charge is 0.199 e. The van der Waals surface area contributed by atoms with E-state index in [1.165, 1.54) is 0 Å². The summed E-state index contributed by atoms with van der Waals surface area (Å²) in [6.45, 7) is 0. The van der Waals surface area contributed by atoms with E-state index >= 15 is 0 Å². The normalized spacial score (nSPS) is 13.6. The van der Waals surface area contributed by atoms with Gasteiger partial charge in [-0.25, -0.2) is 0 Å². The minimum absolute atomic E-state index is 1.09. The zero-order chi connectivity index (χ0) is 10.8. The van der Waals surface area contributed by atoms with Crippen LogP contribution in [0.15, 0.2) is 28.7 Å². The van der Waals surface area contributed by atoms with E-state index in [2.05, 4.69) is 67.1 Å². The highest BCUT2D eigenvalue weighted by atomic mass is 127. The summed E-state index contributed by atoms with van der Waals surface area (Å²) in [5.41, 5.74) is 1.09. The zero-order valence-corrected chi connectivity index (χ0v) is 13.2. The van der Waals surface area contributed by atoms with Crippen LogP contribution < -0.4 is 0 Å². The van der Waals surface area contributed by atoms with Gasteiger partial charge in [-0.05, 0) is 64.2 Å². The molecule has 0 spiro atoms. The van der Waals surface area contributed by atoms with Crippen LogP contribution in [-0.4, -0.2) is 18.8 Å². The predicted molar refractivity (Wildman–Crippen MR) is 81.8 cm³/mol. The van der Waals surface area contributed by atoms with Gasteiger partial charge >= 0.3 is 0 Å². The van der Waals surface area contributed by atoms with Crippen LogP contribution in [0.25, 0.3) is 0 Å². The number of hydrogen-bond acceptors (Lipinski definition) is 0. The van der Waals surface area contributed by atoms with Crippen LogP contribution >= 0.6 is 43.5 Å². The summed E-state index contributed by atoms with van der Waals surface area (Å²) in [5, 5.41) is 3.39. The highest BCUT2D eigenvalue weighted by Gasteiger charge is 2.15. The molecule has 1 rings (SSSR count). The van der Waals surface area contributed by atoms with E-state index in [4.69, 9.17) is 0 Å². The van der Waals surface area contributed by atoms with E-state index in [0.717, 1.165) is 10.0 Å². The smallest absolute Gasteiger partial charge is 0.0254 e. The van der Waals surface area contributed by atoms with Gasteiger partial charge in [0.2, 0.25) is 0 Å². The van der Waals surface area contributed by atoms with Gasteiger partial charge < -0.3 is 0 Å². The van der Waals surface area contributed by atoms with Gasteiger partial charge in [0.25, 0.3) is 0 Å². The molecule has 0 amide bonds. The Kier molecular flexibility index (Phi) is 3.61. The minimum Gasteiger partial charge on any atom is -0.199 e. The van der Waals surface area contributed by atoms with Crippen LogP contribution in [0.1, 0.15) is 5.56 Å². The molecule has 0 saturated carbocycles. The summed E-state index contributed by atoms with van der Waals surface area (Å²) < 4.78 is 1.10. The molecular formula is C11H14BrIS. The lowest BCUT2D eigenvalue weighted by Crippen LogP contribution is -1.98. The first kappa shape index (κ1) is 12.4. The second kappa shape index (κ2) is 4.07. The van der Waals surface area contributed by atoms with Crippen molar-refractivity contribution in [3.8, 4) is 11.2 Å². The highest BCUT2D eigenvalue weighted by molar-refractivity contribution is 14.2. The van der Waals surface area contributed by atoms with Gasteiger partial charge in [-0.1, -0.05) is 27.1 Å². The first-order valence-electron chi connectivity index (χ1n) is 4.24. The Morgan fingerprint density at radius 1 is 1.14 bits per heavy atom. The lowest BCUT2D eigenvalue weighted by Gasteiger charge is -2.37. The van der Waals surface area contributed by atoms with Gasteiger partial charge in [0.05, 0.1) is 0 Å². The van der Waals surface area contributed by atoms with Crippen molar-refractivity contribution in [3.05, 3.63) is 34.3 Å². The summed E-state index contributed by atoms with van der Waals surface area (Å²) in [5.74, 6) is 3.23. The van der Waals surface area contributed by atoms with Crippen molar-refractivity contribution >= 4 is 43.5 Å². The van der Waals surface area contributed by atoms with Gasteiger partial charge in [0.15, 0.2) is 0 Å². The SMILES string of the molecule is C[SH](C)(C)(I)C#Cc1ccc(Br)cc1. The maximum absolute atomic E-state index is 3.41. The fraction of sp³-hybridized carbons (Fsp3) is 0.273. The van der Waals surface area contributed by atoms with Gasteiger partial charge in [-0.15, -0.1) is 0 Å². The summed E-state index contributed by atoms with van der Waals surface area (Å²) in [6.07, 6.45) is 5.03. The molecule has 0 fully saturated rings. The second-order valence-corrected chi connectivity index (χ2v) is 20.8. The van der Waals surface area contributed by atoms with Crippen molar-refractivity contribution in [2.24, 2.45) is 0 Å². The van der Waals surface area contributed by atoms with Crippen molar-refractivity contribution in [2.75, 3.05) is 18.8 Å². The molecule has 0 aliphatic carbocycles. The van der Waals surface area contributed by atoms with E-state index in [0.29, 0.717) is 0 Å². The van der Waals surface area contributed by atoms with Crippen molar-refractivity contribution in [1.29, 1.82) is 0 Å². The van der Waals surface area contributed by atoms with Crippen LogP contribution in [0.2, 0.25) is 0 Å².